The van der Waals surface area contributed by atoms with Crippen LogP contribution in [0.1, 0.15) is 41.5 Å². The van der Waals surface area contributed by atoms with Crippen molar-refractivity contribution in [2.24, 2.45) is 0 Å². The lowest BCUT2D eigenvalue weighted by atomic mass is 10.3. The van der Waals surface area contributed by atoms with E-state index < -0.39 is 0 Å². The quantitative estimate of drug-likeness (QED) is 0.884. The molecule has 1 N–H and O–H groups in total. The molecule has 0 fully saturated rings. The SMILES string of the molecule is CCc1cnc([C@H](C)NCc2noc(C)n2)s1. The van der Waals surface area contributed by atoms with Crippen LogP contribution in [0, 0.1) is 6.92 Å². The summed E-state index contributed by atoms with van der Waals surface area (Å²) in [4.78, 5) is 9.85. The molecule has 1 atom stereocenters. The van der Waals surface area contributed by atoms with E-state index in [0.717, 1.165) is 11.4 Å². The van der Waals surface area contributed by atoms with Gasteiger partial charge in [-0.1, -0.05) is 12.1 Å². The Morgan fingerprint density at radius 3 is 2.94 bits per heavy atom. The van der Waals surface area contributed by atoms with Crippen molar-refractivity contribution in [1.82, 2.24) is 20.4 Å². The van der Waals surface area contributed by atoms with E-state index in [-0.39, 0.29) is 6.04 Å². The first kappa shape index (κ1) is 12.2. The van der Waals surface area contributed by atoms with Crippen molar-refractivity contribution in [1.29, 1.82) is 0 Å². The molecule has 0 bridgehead atoms. The molecule has 0 spiro atoms. The molecule has 0 saturated heterocycles. The van der Waals surface area contributed by atoms with Crippen molar-refractivity contribution >= 4 is 11.3 Å². The highest BCUT2D eigenvalue weighted by Crippen LogP contribution is 2.20. The minimum atomic E-state index is 0.208. The molecule has 5 nitrogen and oxygen atoms in total. The Morgan fingerprint density at radius 1 is 1.53 bits per heavy atom. The largest absolute Gasteiger partial charge is 0.340 e. The highest BCUT2D eigenvalue weighted by molar-refractivity contribution is 7.11. The molecular weight excluding hydrogens is 236 g/mol. The fraction of sp³-hybridized carbons (Fsp3) is 0.545. The van der Waals surface area contributed by atoms with Crippen molar-refractivity contribution in [3.05, 3.63) is 27.8 Å². The lowest BCUT2D eigenvalue weighted by molar-refractivity contribution is 0.384. The van der Waals surface area contributed by atoms with E-state index in [9.17, 15) is 0 Å². The molecular formula is C11H16N4OS. The van der Waals surface area contributed by atoms with Crippen molar-refractivity contribution in [3.63, 3.8) is 0 Å². The molecule has 0 aliphatic rings. The highest BCUT2D eigenvalue weighted by atomic mass is 32.1. The topological polar surface area (TPSA) is 63.8 Å². The van der Waals surface area contributed by atoms with Gasteiger partial charge in [0.15, 0.2) is 5.82 Å². The van der Waals surface area contributed by atoms with Gasteiger partial charge in [-0.25, -0.2) is 4.98 Å². The Balaban J connectivity index is 1.90. The van der Waals surface area contributed by atoms with Gasteiger partial charge >= 0.3 is 0 Å². The number of nitrogens with one attached hydrogen (secondary N) is 1. The summed E-state index contributed by atoms with van der Waals surface area (Å²) in [6.07, 6.45) is 2.98. The predicted molar refractivity (Wildman–Crippen MR) is 65.8 cm³/mol. The van der Waals surface area contributed by atoms with E-state index in [1.807, 2.05) is 6.20 Å². The normalized spacial score (nSPS) is 12.9. The first-order valence-corrected chi connectivity index (χ1v) is 6.48. The first-order chi connectivity index (χ1) is 8.19. The van der Waals surface area contributed by atoms with Crippen molar-refractivity contribution in [3.8, 4) is 0 Å². The van der Waals surface area contributed by atoms with E-state index in [4.69, 9.17) is 4.52 Å². The summed E-state index contributed by atoms with van der Waals surface area (Å²) in [6.45, 7) is 6.61. The molecule has 2 heterocycles. The van der Waals surface area contributed by atoms with E-state index in [1.165, 1.54) is 4.88 Å². The molecule has 0 amide bonds. The van der Waals surface area contributed by atoms with E-state index in [1.54, 1.807) is 18.3 Å². The summed E-state index contributed by atoms with van der Waals surface area (Å²) >= 11 is 1.74. The van der Waals surface area contributed by atoms with Crippen molar-refractivity contribution < 1.29 is 4.52 Å². The van der Waals surface area contributed by atoms with Crippen LogP contribution in [0.2, 0.25) is 0 Å². The maximum atomic E-state index is 4.91. The van der Waals surface area contributed by atoms with Gasteiger partial charge in [0.05, 0.1) is 12.6 Å². The maximum Gasteiger partial charge on any atom is 0.223 e. The van der Waals surface area contributed by atoms with Crippen LogP contribution in [0.5, 0.6) is 0 Å². The monoisotopic (exact) mass is 252 g/mol. The molecule has 2 rings (SSSR count). The van der Waals surface area contributed by atoms with Gasteiger partial charge in [0.1, 0.15) is 5.01 Å². The van der Waals surface area contributed by atoms with Gasteiger partial charge in [0.25, 0.3) is 0 Å². The van der Waals surface area contributed by atoms with Gasteiger partial charge < -0.3 is 9.84 Å². The maximum absolute atomic E-state index is 4.91. The summed E-state index contributed by atoms with van der Waals surface area (Å²) in [7, 11) is 0. The third-order valence-corrected chi connectivity index (χ3v) is 3.75. The molecule has 2 aromatic heterocycles. The Kier molecular flexibility index (Phi) is 3.86. The van der Waals surface area contributed by atoms with Crippen LogP contribution in [-0.4, -0.2) is 15.1 Å². The second-order valence-electron chi connectivity index (χ2n) is 3.85. The third kappa shape index (κ3) is 3.10. The van der Waals surface area contributed by atoms with Crippen molar-refractivity contribution in [2.45, 2.75) is 39.8 Å². The summed E-state index contributed by atoms with van der Waals surface area (Å²) in [6, 6.07) is 0.208. The molecule has 0 radical (unpaired) electrons. The molecule has 0 aliphatic heterocycles. The van der Waals surface area contributed by atoms with Gasteiger partial charge in [-0.05, 0) is 13.3 Å². The molecule has 0 aliphatic carbocycles. The fourth-order valence-corrected chi connectivity index (χ4v) is 2.31. The van der Waals surface area contributed by atoms with Crippen LogP contribution in [0.25, 0.3) is 0 Å². The lowest BCUT2D eigenvalue weighted by Gasteiger charge is -2.08. The van der Waals surface area contributed by atoms with Crippen LogP contribution in [0.3, 0.4) is 0 Å². The zero-order valence-electron chi connectivity index (χ0n) is 10.2. The molecule has 17 heavy (non-hydrogen) atoms. The Bertz CT molecular complexity index is 479. The second-order valence-corrected chi connectivity index (χ2v) is 5.00. The minimum Gasteiger partial charge on any atom is -0.340 e. The standard InChI is InChI=1S/C11H16N4OS/c1-4-9-5-13-11(17-9)7(2)12-6-10-14-8(3)16-15-10/h5,7,12H,4,6H2,1-3H3/t7-/m0/s1. The van der Waals surface area contributed by atoms with Gasteiger partial charge in [-0.15, -0.1) is 11.3 Å². The van der Waals surface area contributed by atoms with Crippen molar-refractivity contribution in [2.75, 3.05) is 0 Å². The highest BCUT2D eigenvalue weighted by Gasteiger charge is 2.11. The summed E-state index contributed by atoms with van der Waals surface area (Å²) in [5.74, 6) is 1.28. The Morgan fingerprint density at radius 2 is 2.35 bits per heavy atom. The molecule has 0 unspecified atom stereocenters. The average Bonchev–Trinajstić information content (AvgIpc) is 2.94. The summed E-state index contributed by atoms with van der Waals surface area (Å²) in [5, 5.41) is 8.27. The van der Waals surface area contributed by atoms with E-state index in [0.29, 0.717) is 18.3 Å². The van der Waals surface area contributed by atoms with Crippen LogP contribution < -0.4 is 5.32 Å². The number of aryl methyl sites for hydroxylation is 2. The van der Waals surface area contributed by atoms with Crippen LogP contribution in [0.15, 0.2) is 10.7 Å². The smallest absolute Gasteiger partial charge is 0.223 e. The predicted octanol–water partition coefficient (Wildman–Crippen LogP) is 2.25. The molecule has 6 heteroatoms. The van der Waals surface area contributed by atoms with Gasteiger partial charge in [0.2, 0.25) is 5.89 Å². The number of aromatic nitrogens is 3. The molecule has 0 saturated carbocycles. The zero-order chi connectivity index (χ0) is 12.3. The fourth-order valence-electron chi connectivity index (χ4n) is 1.43. The Labute approximate surface area is 104 Å². The number of hydrogen-bond acceptors (Lipinski definition) is 6. The van der Waals surface area contributed by atoms with Crippen LogP contribution in [0.4, 0.5) is 0 Å². The minimum absolute atomic E-state index is 0.208. The third-order valence-electron chi connectivity index (χ3n) is 2.43. The van der Waals surface area contributed by atoms with Crippen LogP contribution in [-0.2, 0) is 13.0 Å². The number of hydrogen-bond donors (Lipinski definition) is 1. The van der Waals surface area contributed by atoms with Gasteiger partial charge in [0, 0.05) is 18.0 Å². The molecule has 92 valence electrons. The Hall–Kier alpha value is -1.27. The lowest BCUT2D eigenvalue weighted by Crippen LogP contribution is -2.18. The van der Waals surface area contributed by atoms with E-state index in [2.05, 4.69) is 34.3 Å². The van der Waals surface area contributed by atoms with Crippen LogP contribution >= 0.6 is 11.3 Å². The van der Waals surface area contributed by atoms with Gasteiger partial charge in [-0.3, -0.25) is 0 Å². The summed E-state index contributed by atoms with van der Waals surface area (Å²) < 4.78 is 4.91. The molecule has 0 aromatic carbocycles. The molecule has 2 aromatic rings. The second kappa shape index (κ2) is 5.37. The number of rotatable bonds is 5. The first-order valence-electron chi connectivity index (χ1n) is 5.66. The number of thiazole rings is 1. The number of nitrogens with zero attached hydrogens (tertiary/aromatic N) is 3. The summed E-state index contributed by atoms with van der Waals surface area (Å²) in [5.41, 5.74) is 0. The zero-order valence-corrected chi connectivity index (χ0v) is 11.0. The average molecular weight is 252 g/mol. The van der Waals surface area contributed by atoms with E-state index >= 15 is 0 Å². The van der Waals surface area contributed by atoms with Gasteiger partial charge in [-0.2, -0.15) is 4.98 Å².